The third-order valence-corrected chi connectivity index (χ3v) is 3.38. The van der Waals surface area contributed by atoms with Crippen molar-refractivity contribution in [3.8, 4) is 5.75 Å². The summed E-state index contributed by atoms with van der Waals surface area (Å²) in [5.74, 6) is 1.98. The third-order valence-electron chi connectivity index (χ3n) is 3.12. The molecular formula is C13H19NOS. The van der Waals surface area contributed by atoms with Crippen molar-refractivity contribution < 1.29 is 4.74 Å². The minimum Gasteiger partial charge on any atom is -0.493 e. The Morgan fingerprint density at radius 3 is 2.94 bits per heavy atom. The summed E-state index contributed by atoms with van der Waals surface area (Å²) in [6.45, 7) is 0.831. The van der Waals surface area contributed by atoms with Gasteiger partial charge in [0.05, 0.1) is 6.61 Å². The van der Waals surface area contributed by atoms with Crippen LogP contribution < -0.4 is 4.74 Å². The lowest BCUT2D eigenvalue weighted by Gasteiger charge is -2.24. The molecule has 1 aromatic carbocycles. The van der Waals surface area contributed by atoms with Gasteiger partial charge in [-0.15, -0.1) is 0 Å². The highest BCUT2D eigenvalue weighted by Gasteiger charge is 2.17. The van der Waals surface area contributed by atoms with Crippen molar-refractivity contribution >= 4 is 12.6 Å². The lowest BCUT2D eigenvalue weighted by Crippen LogP contribution is -2.20. The van der Waals surface area contributed by atoms with E-state index >= 15 is 0 Å². The van der Waals surface area contributed by atoms with Gasteiger partial charge >= 0.3 is 0 Å². The van der Waals surface area contributed by atoms with Crippen molar-refractivity contribution in [2.45, 2.75) is 18.9 Å². The van der Waals surface area contributed by atoms with Crippen LogP contribution in [0.3, 0.4) is 0 Å². The van der Waals surface area contributed by atoms with E-state index in [9.17, 15) is 0 Å². The fourth-order valence-corrected chi connectivity index (χ4v) is 2.50. The quantitative estimate of drug-likeness (QED) is 0.808. The number of nitrogens with zero attached hydrogens (tertiary/aromatic N) is 1. The van der Waals surface area contributed by atoms with Crippen LogP contribution in [-0.4, -0.2) is 31.4 Å². The third kappa shape index (κ3) is 2.36. The zero-order valence-electron chi connectivity index (χ0n) is 9.94. The Morgan fingerprint density at radius 2 is 2.25 bits per heavy atom. The first-order chi connectivity index (χ1) is 7.72. The number of thiol groups is 1. The van der Waals surface area contributed by atoms with E-state index in [0.717, 1.165) is 31.0 Å². The number of hydrogen-bond acceptors (Lipinski definition) is 3. The minimum atomic E-state index is 0.461. The van der Waals surface area contributed by atoms with Crippen molar-refractivity contribution in [1.82, 2.24) is 4.90 Å². The number of hydrogen-bond donors (Lipinski definition) is 1. The Kier molecular flexibility index (Phi) is 3.77. The fourth-order valence-electron chi connectivity index (χ4n) is 2.26. The second kappa shape index (κ2) is 5.11. The SMILES string of the molecule is CN(C)C(CCS)c1ccc2c(c1)CCO2. The van der Waals surface area contributed by atoms with Crippen LogP contribution in [0.4, 0.5) is 0 Å². The van der Waals surface area contributed by atoms with Crippen LogP contribution in [0, 0.1) is 0 Å². The van der Waals surface area contributed by atoms with Gasteiger partial charge < -0.3 is 9.64 Å². The molecular weight excluding hydrogens is 218 g/mol. The van der Waals surface area contributed by atoms with Gasteiger partial charge in [0.25, 0.3) is 0 Å². The predicted molar refractivity (Wildman–Crippen MR) is 70.5 cm³/mol. The summed E-state index contributed by atoms with van der Waals surface area (Å²) in [5.41, 5.74) is 2.73. The Labute approximate surface area is 103 Å². The van der Waals surface area contributed by atoms with Crippen LogP contribution in [0.5, 0.6) is 5.75 Å². The van der Waals surface area contributed by atoms with Crippen LogP contribution >= 0.6 is 12.6 Å². The summed E-state index contributed by atoms with van der Waals surface area (Å²) < 4.78 is 5.52. The molecule has 0 saturated carbocycles. The summed E-state index contributed by atoms with van der Waals surface area (Å²) in [5, 5.41) is 0. The molecule has 1 heterocycles. The molecule has 0 N–H and O–H groups in total. The molecule has 0 bridgehead atoms. The molecule has 1 aliphatic heterocycles. The van der Waals surface area contributed by atoms with E-state index in [2.05, 4.69) is 49.8 Å². The Bertz CT molecular complexity index is 365. The average Bonchev–Trinajstić information content (AvgIpc) is 2.72. The summed E-state index contributed by atoms with van der Waals surface area (Å²) in [6.07, 6.45) is 2.12. The van der Waals surface area contributed by atoms with Crippen LogP contribution in [0.15, 0.2) is 18.2 Å². The van der Waals surface area contributed by atoms with E-state index in [0.29, 0.717) is 6.04 Å². The van der Waals surface area contributed by atoms with Gasteiger partial charge in [-0.25, -0.2) is 0 Å². The van der Waals surface area contributed by atoms with Crippen molar-refractivity contribution in [2.24, 2.45) is 0 Å². The first-order valence-corrected chi connectivity index (χ1v) is 6.38. The van der Waals surface area contributed by atoms with Crippen molar-refractivity contribution in [3.05, 3.63) is 29.3 Å². The average molecular weight is 237 g/mol. The van der Waals surface area contributed by atoms with E-state index in [-0.39, 0.29) is 0 Å². The van der Waals surface area contributed by atoms with E-state index < -0.39 is 0 Å². The normalized spacial score (nSPS) is 16.0. The van der Waals surface area contributed by atoms with Gasteiger partial charge in [0, 0.05) is 12.5 Å². The molecule has 0 fully saturated rings. The number of fused-ring (bicyclic) bond motifs is 1. The van der Waals surface area contributed by atoms with Gasteiger partial charge in [-0.3, -0.25) is 0 Å². The van der Waals surface area contributed by atoms with Gasteiger partial charge in [-0.05, 0) is 43.5 Å². The highest BCUT2D eigenvalue weighted by molar-refractivity contribution is 7.80. The Balaban J connectivity index is 2.24. The standard InChI is InChI=1S/C13H19NOS/c1-14(2)12(6-8-16)10-3-4-13-11(9-10)5-7-15-13/h3-4,9,12,16H,5-8H2,1-2H3. The molecule has 16 heavy (non-hydrogen) atoms. The Morgan fingerprint density at radius 1 is 1.44 bits per heavy atom. The molecule has 0 aliphatic carbocycles. The molecule has 0 amide bonds. The van der Waals surface area contributed by atoms with Crippen molar-refractivity contribution in [1.29, 1.82) is 0 Å². The molecule has 2 rings (SSSR count). The van der Waals surface area contributed by atoms with Crippen LogP contribution in [-0.2, 0) is 6.42 Å². The molecule has 0 spiro atoms. The molecule has 1 aromatic rings. The second-order valence-electron chi connectivity index (χ2n) is 4.46. The largest absolute Gasteiger partial charge is 0.493 e. The highest BCUT2D eigenvalue weighted by Crippen LogP contribution is 2.30. The molecule has 88 valence electrons. The summed E-state index contributed by atoms with van der Waals surface area (Å²) in [4.78, 5) is 2.26. The molecule has 1 aliphatic rings. The maximum absolute atomic E-state index is 5.52. The number of ether oxygens (including phenoxy) is 1. The summed E-state index contributed by atoms with van der Waals surface area (Å²) in [7, 11) is 4.25. The molecule has 0 aromatic heterocycles. The highest BCUT2D eigenvalue weighted by atomic mass is 32.1. The van der Waals surface area contributed by atoms with Gasteiger partial charge in [-0.1, -0.05) is 12.1 Å². The lowest BCUT2D eigenvalue weighted by molar-refractivity contribution is 0.293. The van der Waals surface area contributed by atoms with E-state index in [4.69, 9.17) is 4.74 Å². The predicted octanol–water partition coefficient (Wildman–Crippen LogP) is 2.54. The fraction of sp³-hybridized carbons (Fsp3) is 0.538. The van der Waals surface area contributed by atoms with Crippen LogP contribution in [0.25, 0.3) is 0 Å². The van der Waals surface area contributed by atoms with Crippen molar-refractivity contribution in [2.75, 3.05) is 26.5 Å². The first kappa shape index (κ1) is 11.8. The monoisotopic (exact) mass is 237 g/mol. The van der Waals surface area contributed by atoms with Gasteiger partial charge in [0.1, 0.15) is 5.75 Å². The maximum atomic E-state index is 5.52. The molecule has 2 nitrogen and oxygen atoms in total. The lowest BCUT2D eigenvalue weighted by atomic mass is 10.00. The van der Waals surface area contributed by atoms with E-state index in [1.807, 2.05) is 0 Å². The molecule has 0 saturated heterocycles. The molecule has 1 unspecified atom stereocenters. The van der Waals surface area contributed by atoms with Crippen LogP contribution in [0.2, 0.25) is 0 Å². The van der Waals surface area contributed by atoms with E-state index in [1.165, 1.54) is 11.1 Å². The molecule has 0 radical (unpaired) electrons. The van der Waals surface area contributed by atoms with Crippen LogP contribution in [0.1, 0.15) is 23.6 Å². The van der Waals surface area contributed by atoms with E-state index in [1.54, 1.807) is 0 Å². The summed E-state index contributed by atoms with van der Waals surface area (Å²) >= 11 is 4.33. The molecule has 1 atom stereocenters. The zero-order chi connectivity index (χ0) is 11.5. The topological polar surface area (TPSA) is 12.5 Å². The smallest absolute Gasteiger partial charge is 0.122 e. The van der Waals surface area contributed by atoms with Gasteiger partial charge in [-0.2, -0.15) is 12.6 Å². The number of rotatable bonds is 4. The summed E-state index contributed by atoms with van der Waals surface area (Å²) in [6, 6.07) is 7.03. The van der Waals surface area contributed by atoms with Crippen molar-refractivity contribution in [3.63, 3.8) is 0 Å². The first-order valence-electron chi connectivity index (χ1n) is 5.75. The molecule has 3 heteroatoms. The number of benzene rings is 1. The second-order valence-corrected chi connectivity index (χ2v) is 4.90. The van der Waals surface area contributed by atoms with Gasteiger partial charge in [0.15, 0.2) is 0 Å². The Hall–Kier alpha value is -0.670. The zero-order valence-corrected chi connectivity index (χ0v) is 10.8. The van der Waals surface area contributed by atoms with Gasteiger partial charge in [0.2, 0.25) is 0 Å². The maximum Gasteiger partial charge on any atom is 0.122 e. The minimum absolute atomic E-state index is 0.461.